The summed E-state index contributed by atoms with van der Waals surface area (Å²) in [6, 6.07) is 3.52. The highest BCUT2D eigenvalue weighted by molar-refractivity contribution is 9.10. The minimum absolute atomic E-state index is 0.158. The van der Waals surface area contributed by atoms with Crippen molar-refractivity contribution < 1.29 is 9.53 Å². The van der Waals surface area contributed by atoms with Crippen LogP contribution in [0.15, 0.2) is 16.6 Å². The molecule has 0 heterocycles. The number of nitrogen functional groups attached to an aromatic ring is 1. The van der Waals surface area contributed by atoms with Crippen molar-refractivity contribution in [1.29, 1.82) is 0 Å². The third kappa shape index (κ3) is 4.33. The molecular weight excluding hydrogens is 294 g/mol. The van der Waals surface area contributed by atoms with Crippen LogP contribution in [0.1, 0.15) is 43.1 Å². The Morgan fingerprint density at radius 1 is 1.39 bits per heavy atom. The van der Waals surface area contributed by atoms with Gasteiger partial charge in [-0.1, -0.05) is 36.7 Å². The molecule has 0 bridgehead atoms. The normalized spacial score (nSPS) is 11.4. The van der Waals surface area contributed by atoms with E-state index in [4.69, 9.17) is 10.5 Å². The molecule has 100 valence electrons. The molecule has 0 unspecified atom stereocenters. The SMILES string of the molecule is Cc1c(N)cc(Br)cc1C(=O)OCCC(C)(C)C. The molecule has 0 spiro atoms. The molecule has 0 aromatic heterocycles. The van der Waals surface area contributed by atoms with Crippen molar-refractivity contribution in [3.05, 3.63) is 27.7 Å². The Balaban J connectivity index is 2.73. The van der Waals surface area contributed by atoms with Gasteiger partial charge in [-0.15, -0.1) is 0 Å². The van der Waals surface area contributed by atoms with E-state index >= 15 is 0 Å². The lowest BCUT2D eigenvalue weighted by Gasteiger charge is -2.18. The van der Waals surface area contributed by atoms with Gasteiger partial charge in [-0.2, -0.15) is 0 Å². The van der Waals surface area contributed by atoms with Gasteiger partial charge in [0.25, 0.3) is 0 Å². The average Bonchev–Trinajstić information content (AvgIpc) is 2.21. The van der Waals surface area contributed by atoms with Gasteiger partial charge >= 0.3 is 5.97 Å². The number of rotatable bonds is 3. The molecule has 0 aliphatic heterocycles. The van der Waals surface area contributed by atoms with Crippen molar-refractivity contribution in [3.8, 4) is 0 Å². The first-order chi connectivity index (χ1) is 8.20. The summed E-state index contributed by atoms with van der Waals surface area (Å²) in [5, 5.41) is 0. The summed E-state index contributed by atoms with van der Waals surface area (Å²) in [7, 11) is 0. The van der Waals surface area contributed by atoms with E-state index in [0.717, 1.165) is 16.5 Å². The van der Waals surface area contributed by atoms with Crippen molar-refractivity contribution in [1.82, 2.24) is 0 Å². The lowest BCUT2D eigenvalue weighted by Crippen LogP contribution is -2.14. The van der Waals surface area contributed by atoms with Crippen LogP contribution >= 0.6 is 15.9 Å². The van der Waals surface area contributed by atoms with Gasteiger partial charge in [-0.05, 0) is 36.5 Å². The van der Waals surface area contributed by atoms with E-state index in [1.165, 1.54) is 0 Å². The first-order valence-corrected chi connectivity index (χ1v) is 6.73. The molecule has 1 aromatic rings. The van der Waals surface area contributed by atoms with Crippen LogP contribution < -0.4 is 5.73 Å². The molecule has 0 saturated carbocycles. The van der Waals surface area contributed by atoms with E-state index in [2.05, 4.69) is 36.7 Å². The van der Waals surface area contributed by atoms with Crippen LogP contribution in [-0.2, 0) is 4.74 Å². The first kappa shape index (κ1) is 15.0. The number of ether oxygens (including phenoxy) is 1. The standard InChI is InChI=1S/C14H20BrNO2/c1-9-11(7-10(15)8-12(9)16)13(17)18-6-5-14(2,3)4/h7-8H,5-6,16H2,1-4H3. The van der Waals surface area contributed by atoms with Crippen molar-refractivity contribution in [2.45, 2.75) is 34.1 Å². The Morgan fingerprint density at radius 2 is 2.00 bits per heavy atom. The summed E-state index contributed by atoms with van der Waals surface area (Å²) < 4.78 is 6.07. The van der Waals surface area contributed by atoms with Crippen LogP contribution in [-0.4, -0.2) is 12.6 Å². The lowest BCUT2D eigenvalue weighted by molar-refractivity contribution is 0.0464. The second-order valence-corrected chi connectivity index (χ2v) is 6.53. The molecule has 0 radical (unpaired) electrons. The summed E-state index contributed by atoms with van der Waals surface area (Å²) in [5.41, 5.74) is 7.85. The minimum atomic E-state index is -0.315. The molecule has 1 aromatic carbocycles. The Hall–Kier alpha value is -1.03. The highest BCUT2D eigenvalue weighted by atomic mass is 79.9. The molecule has 0 fully saturated rings. The van der Waals surface area contributed by atoms with Gasteiger partial charge in [0.15, 0.2) is 0 Å². The van der Waals surface area contributed by atoms with Crippen molar-refractivity contribution in [2.75, 3.05) is 12.3 Å². The molecule has 0 atom stereocenters. The van der Waals surface area contributed by atoms with Crippen LogP contribution in [0.25, 0.3) is 0 Å². The molecule has 18 heavy (non-hydrogen) atoms. The zero-order valence-corrected chi connectivity index (χ0v) is 12.9. The zero-order valence-electron chi connectivity index (χ0n) is 11.3. The van der Waals surface area contributed by atoms with Crippen molar-refractivity contribution in [2.24, 2.45) is 5.41 Å². The molecule has 4 heteroatoms. The van der Waals surface area contributed by atoms with Crippen LogP contribution in [0, 0.1) is 12.3 Å². The highest BCUT2D eigenvalue weighted by Gasteiger charge is 2.15. The maximum absolute atomic E-state index is 12.0. The van der Waals surface area contributed by atoms with E-state index in [1.807, 2.05) is 6.92 Å². The number of hydrogen-bond donors (Lipinski definition) is 1. The topological polar surface area (TPSA) is 52.3 Å². The van der Waals surface area contributed by atoms with Gasteiger partial charge < -0.3 is 10.5 Å². The fourth-order valence-electron chi connectivity index (χ4n) is 1.44. The fraction of sp³-hybridized carbons (Fsp3) is 0.500. The average molecular weight is 314 g/mol. The quantitative estimate of drug-likeness (QED) is 0.679. The van der Waals surface area contributed by atoms with E-state index in [-0.39, 0.29) is 11.4 Å². The van der Waals surface area contributed by atoms with Crippen molar-refractivity contribution in [3.63, 3.8) is 0 Å². The second kappa shape index (κ2) is 5.74. The Kier molecular flexibility index (Phi) is 4.79. The van der Waals surface area contributed by atoms with Crippen LogP contribution in [0.2, 0.25) is 0 Å². The number of nitrogens with two attached hydrogens (primary N) is 1. The minimum Gasteiger partial charge on any atom is -0.462 e. The summed E-state index contributed by atoms with van der Waals surface area (Å²) in [5.74, 6) is -0.315. The van der Waals surface area contributed by atoms with Crippen molar-refractivity contribution >= 4 is 27.6 Å². The van der Waals surface area contributed by atoms with Crippen LogP contribution in [0.5, 0.6) is 0 Å². The molecule has 0 aliphatic carbocycles. The van der Waals surface area contributed by atoms with Gasteiger partial charge in [0.2, 0.25) is 0 Å². The predicted molar refractivity (Wildman–Crippen MR) is 77.6 cm³/mol. The third-order valence-corrected chi connectivity index (χ3v) is 3.18. The summed E-state index contributed by atoms with van der Waals surface area (Å²) >= 11 is 3.33. The fourth-order valence-corrected chi connectivity index (χ4v) is 1.92. The number of esters is 1. The maximum atomic E-state index is 12.0. The molecule has 1 rings (SSSR count). The molecule has 0 amide bonds. The molecule has 3 nitrogen and oxygen atoms in total. The van der Waals surface area contributed by atoms with E-state index in [0.29, 0.717) is 17.9 Å². The smallest absolute Gasteiger partial charge is 0.338 e. The molecule has 0 aliphatic rings. The van der Waals surface area contributed by atoms with Gasteiger partial charge in [-0.25, -0.2) is 4.79 Å². The number of anilines is 1. The number of benzene rings is 1. The van der Waals surface area contributed by atoms with Gasteiger partial charge in [0, 0.05) is 10.2 Å². The summed E-state index contributed by atoms with van der Waals surface area (Å²) in [6.07, 6.45) is 0.835. The molecule has 2 N–H and O–H groups in total. The first-order valence-electron chi connectivity index (χ1n) is 5.93. The maximum Gasteiger partial charge on any atom is 0.338 e. The van der Waals surface area contributed by atoms with Crippen LogP contribution in [0.3, 0.4) is 0 Å². The number of carbonyl (C=O) groups excluding carboxylic acids is 1. The monoisotopic (exact) mass is 313 g/mol. The Bertz CT molecular complexity index is 450. The van der Waals surface area contributed by atoms with E-state index in [1.54, 1.807) is 12.1 Å². The van der Waals surface area contributed by atoms with Gasteiger partial charge in [-0.3, -0.25) is 0 Å². The number of carbonyl (C=O) groups is 1. The summed E-state index contributed by atoms with van der Waals surface area (Å²) in [6.45, 7) is 8.59. The summed E-state index contributed by atoms with van der Waals surface area (Å²) in [4.78, 5) is 12.0. The Morgan fingerprint density at radius 3 is 2.56 bits per heavy atom. The second-order valence-electron chi connectivity index (χ2n) is 5.61. The Labute approximate surface area is 117 Å². The predicted octanol–water partition coefficient (Wildman–Crippen LogP) is 3.93. The molecular formula is C14H20BrNO2. The van der Waals surface area contributed by atoms with E-state index < -0.39 is 0 Å². The van der Waals surface area contributed by atoms with E-state index in [9.17, 15) is 4.79 Å². The van der Waals surface area contributed by atoms with Crippen LogP contribution in [0.4, 0.5) is 5.69 Å². The van der Waals surface area contributed by atoms with Gasteiger partial charge in [0.05, 0.1) is 12.2 Å². The highest BCUT2D eigenvalue weighted by Crippen LogP contribution is 2.24. The third-order valence-electron chi connectivity index (χ3n) is 2.72. The number of hydrogen-bond acceptors (Lipinski definition) is 3. The lowest BCUT2D eigenvalue weighted by atomic mass is 9.93. The molecule has 0 saturated heterocycles. The zero-order chi connectivity index (χ0) is 13.9. The number of halogens is 1. The largest absolute Gasteiger partial charge is 0.462 e. The van der Waals surface area contributed by atoms with Gasteiger partial charge in [0.1, 0.15) is 0 Å².